The standard InChI is InChI=1S/C14H28/c1-5-7-8-12(3)11-13-9-10-14(13,4)6-2/h12-13H,5-11H2,1-4H3. The lowest BCUT2D eigenvalue weighted by atomic mass is 9.57. The lowest BCUT2D eigenvalue weighted by Crippen LogP contribution is -2.37. The average molecular weight is 196 g/mol. The third kappa shape index (κ3) is 2.74. The SMILES string of the molecule is CCCCC(C)CC1CCC1(C)CC. The van der Waals surface area contributed by atoms with Crippen LogP contribution in [-0.4, -0.2) is 0 Å². The van der Waals surface area contributed by atoms with Crippen LogP contribution in [0.2, 0.25) is 0 Å². The second kappa shape index (κ2) is 5.19. The molecule has 0 nitrogen and oxygen atoms in total. The molecule has 0 heterocycles. The molecule has 84 valence electrons. The van der Waals surface area contributed by atoms with Crippen LogP contribution >= 0.6 is 0 Å². The summed E-state index contributed by atoms with van der Waals surface area (Å²) < 4.78 is 0. The van der Waals surface area contributed by atoms with E-state index in [1.165, 1.54) is 44.9 Å². The van der Waals surface area contributed by atoms with Gasteiger partial charge in [-0.05, 0) is 36.5 Å². The molecular formula is C14H28. The van der Waals surface area contributed by atoms with Crippen molar-refractivity contribution in [2.45, 2.75) is 72.6 Å². The van der Waals surface area contributed by atoms with E-state index in [0.717, 1.165) is 11.8 Å². The normalized spacial score (nSPS) is 33.9. The maximum Gasteiger partial charge on any atom is -0.0300 e. The van der Waals surface area contributed by atoms with Gasteiger partial charge in [-0.15, -0.1) is 0 Å². The molecule has 0 aromatic rings. The van der Waals surface area contributed by atoms with Gasteiger partial charge in [-0.1, -0.05) is 53.4 Å². The Labute approximate surface area is 90.5 Å². The van der Waals surface area contributed by atoms with Crippen molar-refractivity contribution in [2.75, 3.05) is 0 Å². The monoisotopic (exact) mass is 196 g/mol. The van der Waals surface area contributed by atoms with Crippen LogP contribution in [0.1, 0.15) is 72.6 Å². The van der Waals surface area contributed by atoms with Gasteiger partial charge in [-0.2, -0.15) is 0 Å². The number of unbranched alkanes of at least 4 members (excludes halogenated alkanes) is 1. The molecule has 0 aromatic heterocycles. The third-order valence-corrected chi connectivity index (χ3v) is 4.59. The van der Waals surface area contributed by atoms with E-state index in [1.807, 2.05) is 0 Å². The third-order valence-electron chi connectivity index (χ3n) is 4.59. The predicted molar refractivity (Wildman–Crippen MR) is 64.4 cm³/mol. The molecule has 0 heteroatoms. The van der Waals surface area contributed by atoms with Crippen molar-refractivity contribution < 1.29 is 0 Å². The van der Waals surface area contributed by atoms with Gasteiger partial charge in [0.1, 0.15) is 0 Å². The Morgan fingerprint density at radius 1 is 1.36 bits per heavy atom. The second-order valence-electron chi connectivity index (χ2n) is 5.73. The van der Waals surface area contributed by atoms with E-state index in [1.54, 1.807) is 0 Å². The molecule has 0 aliphatic heterocycles. The summed E-state index contributed by atoms with van der Waals surface area (Å²) in [6, 6.07) is 0. The Morgan fingerprint density at radius 3 is 2.50 bits per heavy atom. The van der Waals surface area contributed by atoms with Crippen LogP contribution in [-0.2, 0) is 0 Å². The summed E-state index contributed by atoms with van der Waals surface area (Å²) in [5.74, 6) is 2.01. The Morgan fingerprint density at radius 2 is 2.07 bits per heavy atom. The summed E-state index contributed by atoms with van der Waals surface area (Å²) in [5, 5.41) is 0. The molecule has 0 aromatic carbocycles. The van der Waals surface area contributed by atoms with E-state index in [4.69, 9.17) is 0 Å². The highest BCUT2D eigenvalue weighted by Gasteiger charge is 2.40. The lowest BCUT2D eigenvalue weighted by Gasteiger charge is -2.48. The average Bonchev–Trinajstić information content (AvgIpc) is 2.20. The lowest BCUT2D eigenvalue weighted by molar-refractivity contribution is 0.0269. The largest absolute Gasteiger partial charge is 0.0654 e. The fraction of sp³-hybridized carbons (Fsp3) is 1.00. The molecule has 0 N–H and O–H groups in total. The van der Waals surface area contributed by atoms with Gasteiger partial charge in [0.25, 0.3) is 0 Å². The molecule has 3 unspecified atom stereocenters. The zero-order chi connectivity index (χ0) is 10.6. The Balaban J connectivity index is 2.23. The summed E-state index contributed by atoms with van der Waals surface area (Å²) in [5.41, 5.74) is 0.709. The first-order valence-electron chi connectivity index (χ1n) is 6.62. The minimum Gasteiger partial charge on any atom is -0.0654 e. The van der Waals surface area contributed by atoms with Gasteiger partial charge in [0.05, 0.1) is 0 Å². The van der Waals surface area contributed by atoms with Crippen LogP contribution in [0.3, 0.4) is 0 Å². The van der Waals surface area contributed by atoms with Gasteiger partial charge in [0, 0.05) is 0 Å². The quantitative estimate of drug-likeness (QED) is 0.559. The fourth-order valence-electron chi connectivity index (χ4n) is 2.87. The molecule has 14 heavy (non-hydrogen) atoms. The van der Waals surface area contributed by atoms with Crippen LogP contribution < -0.4 is 0 Å². The van der Waals surface area contributed by atoms with Crippen molar-refractivity contribution in [3.8, 4) is 0 Å². The Kier molecular flexibility index (Phi) is 4.47. The van der Waals surface area contributed by atoms with Gasteiger partial charge in [0.15, 0.2) is 0 Å². The maximum atomic E-state index is 2.49. The van der Waals surface area contributed by atoms with Gasteiger partial charge in [-0.3, -0.25) is 0 Å². The molecule has 0 saturated heterocycles. The molecule has 1 saturated carbocycles. The highest BCUT2D eigenvalue weighted by atomic mass is 14.5. The van der Waals surface area contributed by atoms with Gasteiger partial charge in [0.2, 0.25) is 0 Å². The molecule has 1 aliphatic rings. The summed E-state index contributed by atoms with van der Waals surface area (Å²) >= 11 is 0. The van der Waals surface area contributed by atoms with Gasteiger partial charge in [-0.25, -0.2) is 0 Å². The highest BCUT2D eigenvalue weighted by molar-refractivity contribution is 4.91. The van der Waals surface area contributed by atoms with Crippen LogP contribution in [0.4, 0.5) is 0 Å². The molecule has 3 atom stereocenters. The number of rotatable bonds is 6. The first kappa shape index (κ1) is 12.1. The highest BCUT2D eigenvalue weighted by Crippen LogP contribution is 2.51. The summed E-state index contributed by atoms with van der Waals surface area (Å²) in [6.45, 7) is 9.60. The Bertz CT molecular complexity index is 157. The zero-order valence-corrected chi connectivity index (χ0v) is 10.6. The predicted octanol–water partition coefficient (Wildman–Crippen LogP) is 5.03. The van der Waals surface area contributed by atoms with Crippen molar-refractivity contribution in [1.82, 2.24) is 0 Å². The summed E-state index contributed by atoms with van der Waals surface area (Å²) in [4.78, 5) is 0. The van der Waals surface area contributed by atoms with Gasteiger partial charge < -0.3 is 0 Å². The van der Waals surface area contributed by atoms with Crippen LogP contribution in [0.5, 0.6) is 0 Å². The van der Waals surface area contributed by atoms with Gasteiger partial charge >= 0.3 is 0 Å². The molecule has 0 radical (unpaired) electrons. The second-order valence-corrected chi connectivity index (χ2v) is 5.73. The molecule has 0 bridgehead atoms. The van der Waals surface area contributed by atoms with Crippen LogP contribution in [0, 0.1) is 17.3 Å². The van der Waals surface area contributed by atoms with Crippen LogP contribution in [0.25, 0.3) is 0 Å². The fourth-order valence-corrected chi connectivity index (χ4v) is 2.87. The van der Waals surface area contributed by atoms with Crippen molar-refractivity contribution in [1.29, 1.82) is 0 Å². The van der Waals surface area contributed by atoms with Crippen molar-refractivity contribution in [3.63, 3.8) is 0 Å². The summed E-state index contributed by atoms with van der Waals surface area (Å²) in [6.07, 6.45) is 10.1. The van der Waals surface area contributed by atoms with E-state index in [9.17, 15) is 0 Å². The maximum absolute atomic E-state index is 2.49. The van der Waals surface area contributed by atoms with Crippen LogP contribution in [0.15, 0.2) is 0 Å². The Hall–Kier alpha value is 0. The van der Waals surface area contributed by atoms with E-state index in [0.29, 0.717) is 5.41 Å². The minimum atomic E-state index is 0.709. The molecule has 0 spiro atoms. The first-order valence-corrected chi connectivity index (χ1v) is 6.62. The number of hydrogen-bond donors (Lipinski definition) is 0. The number of hydrogen-bond acceptors (Lipinski definition) is 0. The van der Waals surface area contributed by atoms with E-state index >= 15 is 0 Å². The van der Waals surface area contributed by atoms with E-state index < -0.39 is 0 Å². The topological polar surface area (TPSA) is 0 Å². The zero-order valence-electron chi connectivity index (χ0n) is 10.6. The first-order chi connectivity index (χ1) is 6.62. The minimum absolute atomic E-state index is 0.709. The molecule has 1 rings (SSSR count). The van der Waals surface area contributed by atoms with E-state index in [-0.39, 0.29) is 0 Å². The molecule has 0 amide bonds. The van der Waals surface area contributed by atoms with E-state index in [2.05, 4.69) is 27.7 Å². The smallest absolute Gasteiger partial charge is 0.0300 e. The molecule has 1 fully saturated rings. The van der Waals surface area contributed by atoms with Crippen molar-refractivity contribution in [2.24, 2.45) is 17.3 Å². The van der Waals surface area contributed by atoms with Crippen molar-refractivity contribution in [3.05, 3.63) is 0 Å². The summed E-state index contributed by atoms with van der Waals surface area (Å²) in [7, 11) is 0. The molecular weight excluding hydrogens is 168 g/mol. The molecule has 1 aliphatic carbocycles. The van der Waals surface area contributed by atoms with Crippen molar-refractivity contribution >= 4 is 0 Å².